The molecule has 4 N–H and O–H groups in total. The van der Waals surface area contributed by atoms with Crippen LogP contribution in [0.1, 0.15) is 38.5 Å². The molecule has 0 atom stereocenters. The van der Waals surface area contributed by atoms with Gasteiger partial charge in [-0.25, -0.2) is 19.9 Å². The molecule has 0 unspecified atom stereocenters. The maximum absolute atomic E-state index is 6.73. The Hall–Kier alpha value is -8.20. The first kappa shape index (κ1) is 60.9. The lowest BCUT2D eigenvalue weighted by atomic mass is 10.1. The first-order valence-corrected chi connectivity index (χ1v) is 30.1. The van der Waals surface area contributed by atoms with Gasteiger partial charge in [-0.1, -0.05) is 12.1 Å². The van der Waals surface area contributed by atoms with Crippen LogP contribution in [0.4, 0.5) is 0 Å². The molecule has 0 aliphatic heterocycles. The highest BCUT2D eigenvalue weighted by atomic mass is 16.5. The highest BCUT2D eigenvalue weighted by Crippen LogP contribution is 2.37. The Labute approximate surface area is 504 Å². The van der Waals surface area contributed by atoms with E-state index in [0.717, 1.165) is 179 Å². The molecule has 10 aromatic rings. The number of H-pyrrole nitrogens is 4. The monoisotopic (exact) mass is 1170 g/mol. The van der Waals surface area contributed by atoms with Gasteiger partial charge >= 0.3 is 0 Å². The number of aromatic amines is 4. The second kappa shape index (κ2) is 29.3. The topological polar surface area (TPSA) is 186 Å². The number of nitrogens with zero attached hydrogens (tertiary/aromatic N) is 9. The number of imidazole rings is 4. The summed E-state index contributed by atoms with van der Waals surface area (Å²) in [4.78, 5) is 45.2. The van der Waals surface area contributed by atoms with Crippen molar-refractivity contribution in [3.05, 3.63) is 109 Å². The van der Waals surface area contributed by atoms with Crippen LogP contribution in [0.25, 0.3) is 89.7 Å². The Morgan fingerprint density at radius 3 is 0.895 bits per heavy atom. The Bertz CT molecular complexity index is 3550. The molecule has 0 fully saturated rings. The molecule has 4 heterocycles. The van der Waals surface area contributed by atoms with Crippen LogP contribution in [0, 0.1) is 0 Å². The van der Waals surface area contributed by atoms with E-state index in [-0.39, 0.29) is 0 Å². The van der Waals surface area contributed by atoms with E-state index in [4.69, 9.17) is 48.4 Å². The van der Waals surface area contributed by atoms with Gasteiger partial charge in [0.2, 0.25) is 0 Å². The summed E-state index contributed by atoms with van der Waals surface area (Å²) in [6.45, 7) is 9.02. The van der Waals surface area contributed by atoms with Gasteiger partial charge in [-0.05, 0) is 175 Å². The Kier molecular flexibility index (Phi) is 20.7. The van der Waals surface area contributed by atoms with Crippen molar-refractivity contribution in [1.82, 2.24) is 64.4 Å². The summed E-state index contributed by atoms with van der Waals surface area (Å²) in [5.41, 5.74) is 10.5. The minimum Gasteiger partial charge on any atom is -0.493 e. The standard InChI is InChI=1S/C67H85N13O6/c1-76(2)28-10-34-81-48-18-24-54-58(42-48)72-64(68-54)46-16-22-52(66-70-56-26-20-50(44-60(56)74-66)83-36-12-30-78(5)6)62(40-46)85-38-14-32-80(9)33-15-39-86-63-41-47(65-69-55-25-19-49(43-59(55)73-65)82-35-11-29-77(3)4)17-23-53(63)67-71-57-27-21-51(45-61(57)75-67)84-37-13-31-79(7)8/h16-27,40-45H,10-15,28-39H2,1-9H3,(H,68,72)(H,69,73)(H,70,74)(H,71,75). The number of aromatic nitrogens is 8. The second-order valence-electron chi connectivity index (χ2n) is 23.2. The van der Waals surface area contributed by atoms with Crippen molar-refractivity contribution in [3.63, 3.8) is 0 Å². The first-order valence-electron chi connectivity index (χ1n) is 30.1. The van der Waals surface area contributed by atoms with E-state index in [2.05, 4.69) is 144 Å². The van der Waals surface area contributed by atoms with Gasteiger partial charge in [-0.2, -0.15) is 0 Å². The summed E-state index contributed by atoms with van der Waals surface area (Å²) in [7, 11) is 18.7. The van der Waals surface area contributed by atoms with Gasteiger partial charge in [0.25, 0.3) is 0 Å². The van der Waals surface area contributed by atoms with Crippen LogP contribution in [0.15, 0.2) is 109 Å². The second-order valence-corrected chi connectivity index (χ2v) is 23.2. The number of nitrogens with one attached hydrogen (secondary N) is 4. The maximum Gasteiger partial charge on any atom is 0.142 e. The lowest BCUT2D eigenvalue weighted by molar-refractivity contribution is 0.240. The normalized spacial score (nSPS) is 12.0. The maximum atomic E-state index is 6.73. The summed E-state index contributed by atoms with van der Waals surface area (Å²) < 4.78 is 37.9. The van der Waals surface area contributed by atoms with Crippen LogP contribution < -0.4 is 28.4 Å². The van der Waals surface area contributed by atoms with Crippen molar-refractivity contribution >= 4 is 44.1 Å². The molecule has 10 rings (SSSR count). The summed E-state index contributed by atoms with van der Waals surface area (Å²) in [6.07, 6.45) is 5.35. The molecule has 6 aromatic carbocycles. The lowest BCUT2D eigenvalue weighted by Gasteiger charge is -2.18. The minimum absolute atomic E-state index is 0.488. The van der Waals surface area contributed by atoms with Crippen molar-refractivity contribution in [3.8, 4) is 80.0 Å². The summed E-state index contributed by atoms with van der Waals surface area (Å²) >= 11 is 0. The van der Waals surface area contributed by atoms with Crippen LogP contribution in [0.2, 0.25) is 0 Å². The van der Waals surface area contributed by atoms with E-state index in [1.165, 1.54) is 0 Å². The van der Waals surface area contributed by atoms with Crippen LogP contribution in [-0.2, 0) is 0 Å². The van der Waals surface area contributed by atoms with Crippen molar-refractivity contribution in [2.75, 3.05) is 142 Å². The van der Waals surface area contributed by atoms with E-state index < -0.39 is 0 Å². The SMILES string of the molecule is CN(C)CCCOc1ccc2nc(-c3ccc(-c4nc5ccc(OCCCN(C)C)cc5[nH]4)c(OCCCN(C)CCCOc4cc(-c5nc6ccc(OCCCN(C)C)cc6[nH]5)ccc4-c4nc5ccc(OCCCN(C)C)cc5[nH]4)c3)[nH]c2c1. The zero-order valence-corrected chi connectivity index (χ0v) is 51.6. The Morgan fingerprint density at radius 1 is 0.302 bits per heavy atom. The van der Waals surface area contributed by atoms with Gasteiger partial charge in [-0.15, -0.1) is 0 Å². The molecule has 0 saturated carbocycles. The van der Waals surface area contributed by atoms with Crippen molar-refractivity contribution < 1.29 is 28.4 Å². The van der Waals surface area contributed by atoms with Gasteiger partial charge in [0.15, 0.2) is 0 Å². The van der Waals surface area contributed by atoms with Crippen LogP contribution in [-0.4, -0.2) is 207 Å². The van der Waals surface area contributed by atoms with Gasteiger partial charge in [0.1, 0.15) is 57.8 Å². The summed E-state index contributed by atoms with van der Waals surface area (Å²) in [5.74, 6) is 7.57. The fourth-order valence-electron chi connectivity index (χ4n) is 10.2. The number of hydrogen-bond acceptors (Lipinski definition) is 15. The van der Waals surface area contributed by atoms with Gasteiger partial charge in [0, 0.05) is 74.7 Å². The summed E-state index contributed by atoms with van der Waals surface area (Å²) in [5, 5.41) is 0. The molecule has 0 aliphatic carbocycles. The third kappa shape index (κ3) is 16.6. The van der Waals surface area contributed by atoms with Gasteiger partial charge in [-0.3, -0.25) is 0 Å². The smallest absolute Gasteiger partial charge is 0.142 e. The largest absolute Gasteiger partial charge is 0.493 e. The quantitative estimate of drug-likeness (QED) is 0.0279. The molecule has 0 amide bonds. The highest BCUT2D eigenvalue weighted by molar-refractivity contribution is 5.86. The summed E-state index contributed by atoms with van der Waals surface area (Å²) in [6, 6.07) is 36.4. The van der Waals surface area contributed by atoms with Crippen molar-refractivity contribution in [1.29, 1.82) is 0 Å². The Morgan fingerprint density at radius 2 is 0.581 bits per heavy atom. The molecule has 0 radical (unpaired) electrons. The number of ether oxygens (including phenoxy) is 6. The number of benzene rings is 6. The molecule has 19 nitrogen and oxygen atoms in total. The zero-order chi connectivity index (χ0) is 59.9. The average molecular weight is 1170 g/mol. The average Bonchev–Trinajstić information content (AvgIpc) is 2.49. The number of hydrogen-bond donors (Lipinski definition) is 4. The van der Waals surface area contributed by atoms with E-state index in [0.29, 0.717) is 62.8 Å². The van der Waals surface area contributed by atoms with Crippen LogP contribution in [0.3, 0.4) is 0 Å². The number of rotatable bonds is 34. The van der Waals surface area contributed by atoms with E-state index in [1.54, 1.807) is 0 Å². The third-order valence-corrected chi connectivity index (χ3v) is 14.8. The molecule has 0 saturated heterocycles. The number of fused-ring (bicyclic) bond motifs is 4. The molecule has 86 heavy (non-hydrogen) atoms. The third-order valence-electron chi connectivity index (χ3n) is 14.8. The van der Waals surface area contributed by atoms with Crippen molar-refractivity contribution in [2.24, 2.45) is 0 Å². The minimum atomic E-state index is 0.488. The highest BCUT2D eigenvalue weighted by Gasteiger charge is 2.19. The van der Waals surface area contributed by atoms with Gasteiger partial charge in [0.05, 0.1) is 94.9 Å². The molecule has 454 valence electrons. The van der Waals surface area contributed by atoms with Crippen molar-refractivity contribution in [2.45, 2.75) is 38.5 Å². The van der Waals surface area contributed by atoms with E-state index >= 15 is 0 Å². The van der Waals surface area contributed by atoms with Gasteiger partial charge < -0.3 is 72.9 Å². The zero-order valence-electron chi connectivity index (χ0n) is 51.6. The molecule has 0 spiro atoms. The van der Waals surface area contributed by atoms with Crippen LogP contribution in [0.5, 0.6) is 34.5 Å². The fourth-order valence-corrected chi connectivity index (χ4v) is 10.2. The molecule has 0 aliphatic rings. The molecular formula is C67H85N13O6. The van der Waals surface area contributed by atoms with E-state index in [1.807, 2.05) is 72.8 Å². The Balaban J connectivity index is 0.811. The predicted octanol–water partition coefficient (Wildman–Crippen LogP) is 11.4. The molecular weight excluding hydrogens is 1080 g/mol. The fraction of sp³-hybridized carbons (Fsp3) is 0.403. The molecule has 19 heteroatoms. The molecule has 0 bridgehead atoms. The van der Waals surface area contributed by atoms with E-state index in [9.17, 15) is 0 Å². The predicted molar refractivity (Wildman–Crippen MR) is 346 cm³/mol. The molecule has 4 aromatic heterocycles. The first-order chi connectivity index (χ1) is 41.8. The van der Waals surface area contributed by atoms with Crippen LogP contribution >= 0.6 is 0 Å². The lowest BCUT2D eigenvalue weighted by Crippen LogP contribution is -2.23.